The molecule has 0 N–H and O–H groups in total. The summed E-state index contributed by atoms with van der Waals surface area (Å²) in [7, 11) is 0. The molecule has 66 valence electrons. The van der Waals surface area contributed by atoms with Gasteiger partial charge in [0, 0.05) is 5.71 Å². The molecule has 0 bridgehead atoms. The molecule has 0 atom stereocenters. The van der Waals surface area contributed by atoms with Crippen LogP contribution in [0.3, 0.4) is 0 Å². The summed E-state index contributed by atoms with van der Waals surface area (Å²) >= 11 is 5.79. The third-order valence-electron chi connectivity index (χ3n) is 1.41. The zero-order chi connectivity index (χ0) is 9.56. The smallest absolute Gasteiger partial charge is 0.0744 e. The molecule has 0 aromatic rings. The third kappa shape index (κ3) is 3.54. The summed E-state index contributed by atoms with van der Waals surface area (Å²) in [5, 5.41) is 0.586. The molecule has 0 aliphatic rings. The second kappa shape index (κ2) is 5.78. The van der Waals surface area contributed by atoms with Crippen molar-refractivity contribution in [2.45, 2.75) is 20.3 Å². The standard InChI is InChI=1S/C10H14ClN/c1-5-9(6-2)12-8(4)10(11)7-3/h5,7H,1,4,6H2,2-3H3/b10-7+,12-9?. The monoisotopic (exact) mass is 183 g/mol. The molecule has 0 heterocycles. The fourth-order valence-electron chi connectivity index (χ4n) is 0.662. The van der Waals surface area contributed by atoms with Crippen molar-refractivity contribution in [3.05, 3.63) is 36.0 Å². The van der Waals surface area contributed by atoms with Gasteiger partial charge < -0.3 is 0 Å². The molecule has 0 spiro atoms. The van der Waals surface area contributed by atoms with Gasteiger partial charge in [-0.3, -0.25) is 4.99 Å². The first-order chi connectivity index (χ1) is 5.65. The van der Waals surface area contributed by atoms with Gasteiger partial charge in [0.05, 0.1) is 10.7 Å². The van der Waals surface area contributed by atoms with E-state index in [0.717, 1.165) is 12.1 Å². The van der Waals surface area contributed by atoms with Crippen molar-refractivity contribution < 1.29 is 0 Å². The zero-order valence-corrected chi connectivity index (χ0v) is 8.36. The topological polar surface area (TPSA) is 12.4 Å². The lowest BCUT2D eigenvalue weighted by atomic mass is 10.3. The molecular weight excluding hydrogens is 170 g/mol. The largest absolute Gasteiger partial charge is 0.253 e. The number of hydrogen-bond acceptors (Lipinski definition) is 1. The maximum Gasteiger partial charge on any atom is 0.0744 e. The minimum Gasteiger partial charge on any atom is -0.253 e. The number of nitrogens with zero attached hydrogens (tertiary/aromatic N) is 1. The lowest BCUT2D eigenvalue weighted by Crippen LogP contribution is -1.90. The summed E-state index contributed by atoms with van der Waals surface area (Å²) in [5.41, 5.74) is 1.50. The van der Waals surface area contributed by atoms with Gasteiger partial charge in [0.25, 0.3) is 0 Å². The summed E-state index contributed by atoms with van der Waals surface area (Å²) < 4.78 is 0. The van der Waals surface area contributed by atoms with Crippen LogP contribution in [0.5, 0.6) is 0 Å². The van der Waals surface area contributed by atoms with Crippen LogP contribution in [0.25, 0.3) is 0 Å². The molecule has 1 nitrogen and oxygen atoms in total. The van der Waals surface area contributed by atoms with E-state index in [2.05, 4.69) is 18.2 Å². The Kier molecular flexibility index (Phi) is 5.39. The highest BCUT2D eigenvalue weighted by molar-refractivity contribution is 6.32. The average Bonchev–Trinajstić information content (AvgIpc) is 2.12. The van der Waals surface area contributed by atoms with Crippen molar-refractivity contribution in [1.29, 1.82) is 0 Å². The molecule has 0 saturated carbocycles. The summed E-state index contributed by atoms with van der Waals surface area (Å²) in [6, 6.07) is 0. The van der Waals surface area contributed by atoms with Crippen molar-refractivity contribution in [2.24, 2.45) is 4.99 Å². The van der Waals surface area contributed by atoms with E-state index in [1.165, 1.54) is 0 Å². The van der Waals surface area contributed by atoms with Crippen molar-refractivity contribution in [2.75, 3.05) is 0 Å². The molecule has 0 fully saturated rings. The van der Waals surface area contributed by atoms with Gasteiger partial charge in [0.2, 0.25) is 0 Å². The fraction of sp³-hybridized carbons (Fsp3) is 0.300. The van der Waals surface area contributed by atoms with E-state index < -0.39 is 0 Å². The average molecular weight is 184 g/mol. The lowest BCUT2D eigenvalue weighted by molar-refractivity contribution is 1.25. The van der Waals surface area contributed by atoms with Gasteiger partial charge in [0.15, 0.2) is 0 Å². The van der Waals surface area contributed by atoms with Gasteiger partial charge in [-0.05, 0) is 19.4 Å². The number of rotatable bonds is 4. The summed E-state index contributed by atoms with van der Waals surface area (Å²) in [5.74, 6) is 0. The summed E-state index contributed by atoms with van der Waals surface area (Å²) in [6.45, 7) is 11.2. The molecule has 0 aliphatic heterocycles. The maximum absolute atomic E-state index is 5.79. The second-order valence-electron chi connectivity index (χ2n) is 2.24. The Labute approximate surface area is 79.2 Å². The van der Waals surface area contributed by atoms with E-state index in [9.17, 15) is 0 Å². The molecule has 2 heteroatoms. The van der Waals surface area contributed by atoms with Gasteiger partial charge in [-0.15, -0.1) is 0 Å². The van der Waals surface area contributed by atoms with E-state index >= 15 is 0 Å². The van der Waals surface area contributed by atoms with E-state index in [1.54, 1.807) is 12.2 Å². The first-order valence-corrected chi connectivity index (χ1v) is 4.24. The van der Waals surface area contributed by atoms with Crippen molar-refractivity contribution >= 4 is 17.3 Å². The number of hydrogen-bond donors (Lipinski definition) is 0. The Morgan fingerprint density at radius 3 is 2.50 bits per heavy atom. The quantitative estimate of drug-likeness (QED) is 0.466. The van der Waals surface area contributed by atoms with Crippen molar-refractivity contribution in [3.8, 4) is 0 Å². The second-order valence-corrected chi connectivity index (χ2v) is 2.65. The minimum atomic E-state index is 0.586. The van der Waals surface area contributed by atoms with Crippen LogP contribution in [0.2, 0.25) is 0 Å². The lowest BCUT2D eigenvalue weighted by Gasteiger charge is -1.99. The molecule has 0 aromatic carbocycles. The Morgan fingerprint density at radius 2 is 2.17 bits per heavy atom. The Balaban J connectivity index is 4.52. The number of allylic oxidation sites excluding steroid dienone is 3. The first-order valence-electron chi connectivity index (χ1n) is 3.86. The van der Waals surface area contributed by atoms with Gasteiger partial charge in [-0.2, -0.15) is 0 Å². The van der Waals surface area contributed by atoms with Gasteiger partial charge >= 0.3 is 0 Å². The van der Waals surface area contributed by atoms with Gasteiger partial charge in [-0.1, -0.05) is 37.8 Å². The third-order valence-corrected chi connectivity index (χ3v) is 1.84. The molecule has 0 saturated heterocycles. The Morgan fingerprint density at radius 1 is 1.58 bits per heavy atom. The number of aliphatic imine (C=N–C) groups is 1. The minimum absolute atomic E-state index is 0.586. The van der Waals surface area contributed by atoms with Crippen molar-refractivity contribution in [1.82, 2.24) is 0 Å². The van der Waals surface area contributed by atoms with E-state index in [4.69, 9.17) is 11.6 Å². The van der Waals surface area contributed by atoms with Crippen LogP contribution in [-0.2, 0) is 0 Å². The van der Waals surface area contributed by atoms with Gasteiger partial charge in [0.1, 0.15) is 0 Å². The SMILES string of the molecule is C=CC(CC)=NC(=C)/C(Cl)=C\C. The van der Waals surface area contributed by atoms with Crippen LogP contribution in [0.1, 0.15) is 20.3 Å². The van der Waals surface area contributed by atoms with Gasteiger partial charge in [-0.25, -0.2) is 0 Å². The summed E-state index contributed by atoms with van der Waals surface area (Å²) in [6.07, 6.45) is 4.32. The van der Waals surface area contributed by atoms with Crippen LogP contribution >= 0.6 is 11.6 Å². The van der Waals surface area contributed by atoms with E-state index in [0.29, 0.717) is 10.7 Å². The molecule has 0 aromatic heterocycles. The van der Waals surface area contributed by atoms with E-state index in [-0.39, 0.29) is 0 Å². The maximum atomic E-state index is 5.79. The molecule has 12 heavy (non-hydrogen) atoms. The molecule has 0 radical (unpaired) electrons. The highest BCUT2D eigenvalue weighted by Crippen LogP contribution is 2.14. The molecule has 0 aliphatic carbocycles. The molecule has 0 unspecified atom stereocenters. The fourth-order valence-corrected chi connectivity index (χ4v) is 0.705. The predicted octanol–water partition coefficient (Wildman–Crippen LogP) is 3.68. The normalized spacial score (nSPS) is 12.9. The molecule has 0 rings (SSSR count). The summed E-state index contributed by atoms with van der Waals surface area (Å²) in [4.78, 5) is 4.19. The highest BCUT2D eigenvalue weighted by Gasteiger charge is 1.96. The van der Waals surface area contributed by atoms with Crippen LogP contribution in [0.15, 0.2) is 41.0 Å². The Hall–Kier alpha value is -0.820. The van der Waals surface area contributed by atoms with Crippen LogP contribution in [-0.4, -0.2) is 5.71 Å². The Bertz CT molecular complexity index is 236. The first kappa shape index (κ1) is 11.2. The zero-order valence-electron chi connectivity index (χ0n) is 7.60. The predicted molar refractivity (Wildman–Crippen MR) is 56.7 cm³/mol. The highest BCUT2D eigenvalue weighted by atomic mass is 35.5. The number of halogens is 1. The van der Waals surface area contributed by atoms with Crippen molar-refractivity contribution in [3.63, 3.8) is 0 Å². The van der Waals surface area contributed by atoms with E-state index in [1.807, 2.05) is 13.8 Å². The van der Waals surface area contributed by atoms with Crippen LogP contribution in [0, 0.1) is 0 Å². The van der Waals surface area contributed by atoms with Crippen LogP contribution < -0.4 is 0 Å². The molecular formula is C10H14ClN. The van der Waals surface area contributed by atoms with Crippen LogP contribution in [0.4, 0.5) is 0 Å². The molecule has 0 amide bonds.